The highest BCUT2D eigenvalue weighted by Crippen LogP contribution is 2.22. The van der Waals surface area contributed by atoms with Crippen molar-refractivity contribution in [1.29, 1.82) is 0 Å². The van der Waals surface area contributed by atoms with E-state index in [9.17, 15) is 22.4 Å². The number of nitrogens with two attached hydrogens (primary N) is 1. The number of aromatic nitrogens is 1. The number of carbonyl (C=O) groups excluding carboxylic acids is 1. The van der Waals surface area contributed by atoms with Gasteiger partial charge in [0.05, 0.1) is 11.8 Å². The molecule has 0 atom stereocenters. The van der Waals surface area contributed by atoms with Crippen molar-refractivity contribution in [2.75, 3.05) is 6.61 Å². The van der Waals surface area contributed by atoms with E-state index in [1.807, 2.05) is 0 Å². The highest BCUT2D eigenvalue weighted by molar-refractivity contribution is 5.94. The molecule has 5 nitrogen and oxygen atoms in total. The third-order valence-electron chi connectivity index (χ3n) is 1.62. The molecule has 0 radical (unpaired) electrons. The Balaban J connectivity index is 2.91. The molecule has 1 heterocycles. The van der Waals surface area contributed by atoms with Crippen molar-refractivity contribution in [2.24, 2.45) is 5.84 Å². The lowest BCUT2D eigenvalue weighted by Gasteiger charge is -2.10. The molecule has 0 aliphatic carbocycles. The summed E-state index contributed by atoms with van der Waals surface area (Å²) >= 11 is 0. The summed E-state index contributed by atoms with van der Waals surface area (Å²) in [4.78, 5) is 14.4. The standard InChI is InChI=1S/C8H7F4N3O2/c9-6-4(7(16)15-13)1-14-2-5(6)17-3-8(10,11)12/h1-2H,3,13H2,(H,15,16). The molecule has 9 heteroatoms. The van der Waals surface area contributed by atoms with Crippen LogP contribution in [0.5, 0.6) is 5.75 Å². The molecule has 1 aromatic rings. The van der Waals surface area contributed by atoms with Crippen LogP contribution in [0.2, 0.25) is 0 Å². The average molecular weight is 253 g/mol. The number of alkyl halides is 3. The molecule has 0 aromatic carbocycles. The predicted octanol–water partition coefficient (Wildman–Crippen LogP) is 0.765. The second kappa shape index (κ2) is 4.95. The maximum absolute atomic E-state index is 13.4. The molecule has 0 saturated carbocycles. The summed E-state index contributed by atoms with van der Waals surface area (Å²) in [5, 5.41) is 0. The number of hydrogen-bond donors (Lipinski definition) is 2. The Hall–Kier alpha value is -1.90. The number of carbonyl (C=O) groups is 1. The molecule has 0 fully saturated rings. The third-order valence-corrected chi connectivity index (χ3v) is 1.62. The number of hydrazine groups is 1. The first kappa shape index (κ1) is 13.2. The van der Waals surface area contributed by atoms with Gasteiger partial charge in [0, 0.05) is 6.20 Å². The van der Waals surface area contributed by atoms with E-state index in [1.165, 1.54) is 0 Å². The van der Waals surface area contributed by atoms with Gasteiger partial charge in [0.25, 0.3) is 5.91 Å². The maximum atomic E-state index is 13.4. The summed E-state index contributed by atoms with van der Waals surface area (Å²) in [7, 11) is 0. The first-order valence-electron chi connectivity index (χ1n) is 4.19. The van der Waals surface area contributed by atoms with E-state index >= 15 is 0 Å². The summed E-state index contributed by atoms with van der Waals surface area (Å²) in [6.07, 6.45) is -3.06. The highest BCUT2D eigenvalue weighted by atomic mass is 19.4. The molecular formula is C8H7F4N3O2. The molecule has 0 unspecified atom stereocenters. The van der Waals surface area contributed by atoms with Crippen LogP contribution < -0.4 is 16.0 Å². The molecule has 0 aliphatic heterocycles. The van der Waals surface area contributed by atoms with Gasteiger partial charge in [0.1, 0.15) is 0 Å². The van der Waals surface area contributed by atoms with Crippen LogP contribution in [0.25, 0.3) is 0 Å². The Labute approximate surface area is 92.5 Å². The fourth-order valence-corrected chi connectivity index (χ4v) is 0.922. The van der Waals surface area contributed by atoms with E-state index < -0.39 is 35.8 Å². The van der Waals surface area contributed by atoms with Gasteiger partial charge in [-0.05, 0) is 0 Å². The van der Waals surface area contributed by atoms with Crippen LogP contribution in [0.1, 0.15) is 10.4 Å². The molecule has 3 N–H and O–H groups in total. The van der Waals surface area contributed by atoms with Crippen molar-refractivity contribution in [3.63, 3.8) is 0 Å². The fourth-order valence-electron chi connectivity index (χ4n) is 0.922. The highest BCUT2D eigenvalue weighted by Gasteiger charge is 2.29. The lowest BCUT2D eigenvalue weighted by Crippen LogP contribution is -2.31. The second-order valence-corrected chi connectivity index (χ2v) is 2.88. The van der Waals surface area contributed by atoms with Gasteiger partial charge < -0.3 is 4.74 Å². The van der Waals surface area contributed by atoms with Gasteiger partial charge in [-0.25, -0.2) is 10.2 Å². The van der Waals surface area contributed by atoms with E-state index in [2.05, 4.69) is 9.72 Å². The van der Waals surface area contributed by atoms with Crippen LogP contribution in [-0.2, 0) is 0 Å². The second-order valence-electron chi connectivity index (χ2n) is 2.88. The Morgan fingerprint density at radius 1 is 1.47 bits per heavy atom. The van der Waals surface area contributed by atoms with Gasteiger partial charge in [-0.2, -0.15) is 13.2 Å². The number of pyridine rings is 1. The summed E-state index contributed by atoms with van der Waals surface area (Å²) in [5.74, 6) is 1.70. The number of hydrogen-bond acceptors (Lipinski definition) is 4. The summed E-state index contributed by atoms with van der Waals surface area (Å²) in [6, 6.07) is 0. The quantitative estimate of drug-likeness (QED) is 0.361. The molecule has 0 bridgehead atoms. The van der Waals surface area contributed by atoms with Gasteiger partial charge in [-0.15, -0.1) is 0 Å². The van der Waals surface area contributed by atoms with Gasteiger partial charge in [-0.1, -0.05) is 0 Å². The first-order valence-corrected chi connectivity index (χ1v) is 4.19. The van der Waals surface area contributed by atoms with Crippen molar-refractivity contribution < 1.29 is 27.1 Å². The molecule has 17 heavy (non-hydrogen) atoms. The van der Waals surface area contributed by atoms with Crippen molar-refractivity contribution in [1.82, 2.24) is 10.4 Å². The Morgan fingerprint density at radius 3 is 2.65 bits per heavy atom. The molecule has 1 rings (SSSR count). The van der Waals surface area contributed by atoms with Crippen LogP contribution in [0, 0.1) is 5.82 Å². The van der Waals surface area contributed by atoms with Crippen LogP contribution in [0.4, 0.5) is 17.6 Å². The predicted molar refractivity (Wildman–Crippen MR) is 47.4 cm³/mol. The maximum Gasteiger partial charge on any atom is 0.422 e. The topological polar surface area (TPSA) is 77.2 Å². The smallest absolute Gasteiger partial charge is 0.422 e. The Morgan fingerprint density at radius 2 is 2.12 bits per heavy atom. The molecule has 0 saturated heterocycles. The van der Waals surface area contributed by atoms with E-state index in [1.54, 1.807) is 5.43 Å². The fraction of sp³-hybridized carbons (Fsp3) is 0.250. The van der Waals surface area contributed by atoms with Crippen LogP contribution in [0.15, 0.2) is 12.4 Å². The molecule has 94 valence electrons. The zero-order valence-electron chi connectivity index (χ0n) is 8.21. The van der Waals surface area contributed by atoms with E-state index in [0.29, 0.717) is 0 Å². The number of halogens is 4. The van der Waals surface area contributed by atoms with Crippen LogP contribution in [-0.4, -0.2) is 23.7 Å². The number of amides is 1. The molecule has 1 amide bonds. The lowest BCUT2D eigenvalue weighted by molar-refractivity contribution is -0.153. The minimum atomic E-state index is -4.61. The van der Waals surface area contributed by atoms with E-state index in [4.69, 9.17) is 5.84 Å². The molecule has 1 aromatic heterocycles. The first-order chi connectivity index (χ1) is 7.85. The zero-order valence-corrected chi connectivity index (χ0v) is 8.21. The number of ether oxygens (including phenoxy) is 1. The Kier molecular flexibility index (Phi) is 3.84. The number of nitrogens with zero attached hydrogens (tertiary/aromatic N) is 1. The van der Waals surface area contributed by atoms with Crippen LogP contribution in [0.3, 0.4) is 0 Å². The van der Waals surface area contributed by atoms with Gasteiger partial charge >= 0.3 is 6.18 Å². The number of rotatable bonds is 3. The van der Waals surface area contributed by atoms with E-state index in [-0.39, 0.29) is 0 Å². The number of nitrogens with one attached hydrogen (secondary N) is 1. The summed E-state index contributed by atoms with van der Waals surface area (Å²) in [6.45, 7) is -1.68. The molecule has 0 aliphatic rings. The van der Waals surface area contributed by atoms with Crippen molar-refractivity contribution in [3.05, 3.63) is 23.8 Å². The van der Waals surface area contributed by atoms with Gasteiger partial charge in [0.2, 0.25) is 0 Å². The normalized spacial score (nSPS) is 11.1. The summed E-state index contributed by atoms with van der Waals surface area (Å²) < 4.78 is 53.1. The van der Waals surface area contributed by atoms with E-state index in [0.717, 1.165) is 12.4 Å². The SMILES string of the molecule is NNC(=O)c1cncc(OCC(F)(F)F)c1F. The summed E-state index contributed by atoms with van der Waals surface area (Å²) in [5.41, 5.74) is 1.02. The zero-order chi connectivity index (χ0) is 13.1. The Bertz CT molecular complexity index is 422. The molecule has 0 spiro atoms. The van der Waals surface area contributed by atoms with Gasteiger partial charge in [0.15, 0.2) is 18.2 Å². The van der Waals surface area contributed by atoms with Crippen molar-refractivity contribution >= 4 is 5.91 Å². The monoisotopic (exact) mass is 253 g/mol. The van der Waals surface area contributed by atoms with Gasteiger partial charge in [-0.3, -0.25) is 15.2 Å². The van der Waals surface area contributed by atoms with Crippen molar-refractivity contribution in [3.8, 4) is 5.75 Å². The largest absolute Gasteiger partial charge is 0.479 e. The average Bonchev–Trinajstić information content (AvgIpc) is 2.25. The minimum Gasteiger partial charge on any atom is -0.479 e. The van der Waals surface area contributed by atoms with Crippen molar-refractivity contribution in [2.45, 2.75) is 6.18 Å². The lowest BCUT2D eigenvalue weighted by atomic mass is 10.2. The minimum absolute atomic E-state index is 0.604. The third kappa shape index (κ3) is 3.55. The molecular weight excluding hydrogens is 246 g/mol. The number of nitrogen functional groups attached to an aromatic ring is 1. The van der Waals surface area contributed by atoms with Crippen LogP contribution >= 0.6 is 0 Å².